The van der Waals surface area contributed by atoms with Gasteiger partial charge < -0.3 is 10.1 Å². The van der Waals surface area contributed by atoms with E-state index in [9.17, 15) is 4.79 Å². The van der Waals surface area contributed by atoms with Gasteiger partial charge in [-0.15, -0.1) is 11.3 Å². The lowest BCUT2D eigenvalue weighted by Gasteiger charge is -2.34. The third-order valence-corrected chi connectivity index (χ3v) is 5.69. The second kappa shape index (κ2) is 8.59. The van der Waals surface area contributed by atoms with Gasteiger partial charge in [-0.05, 0) is 30.9 Å². The van der Waals surface area contributed by atoms with Crippen molar-refractivity contribution < 1.29 is 9.53 Å². The number of hydrogen-bond acceptors (Lipinski definition) is 4. The quantitative estimate of drug-likeness (QED) is 0.826. The molecule has 1 aliphatic rings. The Hall–Kier alpha value is -1.72. The molecule has 1 fully saturated rings. The minimum atomic E-state index is 0.0000229. The predicted octanol–water partition coefficient (Wildman–Crippen LogP) is 4.52. The van der Waals surface area contributed by atoms with Crippen molar-refractivity contribution in [2.45, 2.75) is 51.7 Å². The molecular weight excluding hydrogens is 332 g/mol. The van der Waals surface area contributed by atoms with Crippen molar-refractivity contribution in [3.63, 3.8) is 0 Å². The molecule has 0 spiro atoms. The van der Waals surface area contributed by atoms with Gasteiger partial charge in [0.25, 0.3) is 5.91 Å². The summed E-state index contributed by atoms with van der Waals surface area (Å²) < 4.78 is 5.94. The Kier molecular flexibility index (Phi) is 6.21. The SMILES string of the molecule is CCC(CC)[C@@H]1C[C@H](NC(=O)c2ccc(-c3cscn3)cc2)CCO1. The van der Waals surface area contributed by atoms with E-state index in [1.807, 2.05) is 35.2 Å². The number of rotatable bonds is 6. The van der Waals surface area contributed by atoms with Gasteiger partial charge in [-0.25, -0.2) is 4.98 Å². The van der Waals surface area contributed by atoms with E-state index in [0.717, 1.165) is 43.5 Å². The largest absolute Gasteiger partial charge is 0.378 e. The number of nitrogens with one attached hydrogen (secondary N) is 1. The van der Waals surface area contributed by atoms with E-state index in [1.54, 1.807) is 11.3 Å². The first-order valence-corrected chi connectivity index (χ1v) is 10.1. The van der Waals surface area contributed by atoms with Gasteiger partial charge in [0, 0.05) is 29.2 Å². The Morgan fingerprint density at radius 2 is 2.08 bits per heavy atom. The molecule has 0 aliphatic carbocycles. The maximum Gasteiger partial charge on any atom is 0.251 e. The fourth-order valence-corrected chi connectivity index (χ4v) is 4.08. The number of amides is 1. The molecule has 0 radical (unpaired) electrons. The fraction of sp³-hybridized carbons (Fsp3) is 0.500. The van der Waals surface area contributed by atoms with Crippen molar-refractivity contribution in [3.8, 4) is 11.3 Å². The molecule has 4 nitrogen and oxygen atoms in total. The van der Waals surface area contributed by atoms with Crippen LogP contribution in [0.4, 0.5) is 0 Å². The lowest BCUT2D eigenvalue weighted by Crippen LogP contribution is -2.44. The Labute approximate surface area is 153 Å². The summed E-state index contributed by atoms with van der Waals surface area (Å²) in [6.45, 7) is 5.15. The van der Waals surface area contributed by atoms with Crippen molar-refractivity contribution >= 4 is 17.2 Å². The zero-order valence-electron chi connectivity index (χ0n) is 14.9. The van der Waals surface area contributed by atoms with Crippen molar-refractivity contribution in [1.29, 1.82) is 0 Å². The number of benzene rings is 1. The maximum atomic E-state index is 12.6. The number of nitrogens with zero attached hydrogens (tertiary/aromatic N) is 1. The number of carbonyl (C=O) groups excluding carboxylic acids is 1. The van der Waals surface area contributed by atoms with Crippen molar-refractivity contribution in [2.75, 3.05) is 6.61 Å². The van der Waals surface area contributed by atoms with E-state index in [1.165, 1.54) is 0 Å². The topological polar surface area (TPSA) is 51.2 Å². The standard InChI is InChI=1S/C20H26N2O2S/c1-3-14(4-2)19-11-17(9-10-24-19)22-20(23)16-7-5-15(6-8-16)18-12-25-13-21-18/h5-8,12-14,17,19H,3-4,9-11H2,1-2H3,(H,22,23)/t17-,19+/m1/s1. The number of aromatic nitrogens is 1. The van der Waals surface area contributed by atoms with Crippen LogP contribution in [-0.2, 0) is 4.74 Å². The molecule has 25 heavy (non-hydrogen) atoms. The Bertz CT molecular complexity index is 666. The third kappa shape index (κ3) is 4.47. The third-order valence-electron chi connectivity index (χ3n) is 5.10. The van der Waals surface area contributed by atoms with Crippen LogP contribution in [-0.4, -0.2) is 29.6 Å². The Balaban J connectivity index is 1.60. The summed E-state index contributed by atoms with van der Waals surface area (Å²) in [6, 6.07) is 7.87. The number of hydrogen-bond donors (Lipinski definition) is 1. The smallest absolute Gasteiger partial charge is 0.251 e. The summed E-state index contributed by atoms with van der Waals surface area (Å²) in [5.74, 6) is 0.581. The number of carbonyl (C=O) groups is 1. The van der Waals surface area contributed by atoms with Crippen LogP contribution in [0.3, 0.4) is 0 Å². The van der Waals surface area contributed by atoms with Crippen molar-refractivity contribution in [1.82, 2.24) is 10.3 Å². The summed E-state index contributed by atoms with van der Waals surface area (Å²) in [5.41, 5.74) is 4.51. The summed E-state index contributed by atoms with van der Waals surface area (Å²) in [7, 11) is 0. The van der Waals surface area contributed by atoms with Crippen LogP contribution in [0.5, 0.6) is 0 Å². The first kappa shape index (κ1) is 18.1. The molecule has 0 saturated carbocycles. The van der Waals surface area contributed by atoms with E-state index in [0.29, 0.717) is 11.5 Å². The molecule has 2 atom stereocenters. The fourth-order valence-electron chi connectivity index (χ4n) is 3.52. The number of thiazole rings is 1. The van der Waals surface area contributed by atoms with Gasteiger partial charge in [0.15, 0.2) is 0 Å². The van der Waals surface area contributed by atoms with Gasteiger partial charge in [0.2, 0.25) is 0 Å². The molecule has 1 saturated heterocycles. The summed E-state index contributed by atoms with van der Waals surface area (Å²) in [6.07, 6.45) is 4.31. The van der Waals surface area contributed by atoms with Crippen LogP contribution in [0.15, 0.2) is 35.2 Å². The van der Waals surface area contributed by atoms with Crippen LogP contribution in [0, 0.1) is 5.92 Å². The van der Waals surface area contributed by atoms with Crippen LogP contribution in [0.2, 0.25) is 0 Å². The molecule has 1 aromatic carbocycles. The van der Waals surface area contributed by atoms with E-state index < -0.39 is 0 Å². The highest BCUT2D eigenvalue weighted by molar-refractivity contribution is 7.07. The first-order valence-electron chi connectivity index (χ1n) is 9.12. The molecule has 2 aromatic rings. The molecule has 5 heteroatoms. The average Bonchev–Trinajstić information content (AvgIpc) is 3.18. The highest BCUT2D eigenvalue weighted by Crippen LogP contribution is 2.25. The molecule has 2 heterocycles. The molecule has 1 aliphatic heterocycles. The van der Waals surface area contributed by atoms with Crippen molar-refractivity contribution in [2.24, 2.45) is 5.92 Å². The zero-order chi connectivity index (χ0) is 17.6. The van der Waals surface area contributed by atoms with E-state index in [2.05, 4.69) is 24.1 Å². The van der Waals surface area contributed by atoms with E-state index in [4.69, 9.17) is 4.74 Å². The van der Waals surface area contributed by atoms with Gasteiger partial charge >= 0.3 is 0 Å². The highest BCUT2D eigenvalue weighted by Gasteiger charge is 2.28. The second-order valence-electron chi connectivity index (χ2n) is 6.63. The lowest BCUT2D eigenvalue weighted by atomic mass is 9.89. The van der Waals surface area contributed by atoms with Crippen LogP contribution < -0.4 is 5.32 Å². The first-order chi connectivity index (χ1) is 12.2. The summed E-state index contributed by atoms with van der Waals surface area (Å²) in [4.78, 5) is 16.9. The van der Waals surface area contributed by atoms with Gasteiger partial charge in [-0.1, -0.05) is 38.8 Å². The Morgan fingerprint density at radius 3 is 2.72 bits per heavy atom. The van der Waals surface area contributed by atoms with Crippen molar-refractivity contribution in [3.05, 3.63) is 40.7 Å². The minimum absolute atomic E-state index is 0.0000229. The normalized spacial score (nSPS) is 20.6. The average molecular weight is 359 g/mol. The summed E-state index contributed by atoms with van der Waals surface area (Å²) >= 11 is 1.57. The van der Waals surface area contributed by atoms with E-state index >= 15 is 0 Å². The van der Waals surface area contributed by atoms with Crippen LogP contribution in [0.25, 0.3) is 11.3 Å². The second-order valence-corrected chi connectivity index (χ2v) is 7.35. The van der Waals surface area contributed by atoms with Gasteiger partial charge in [0.05, 0.1) is 17.3 Å². The van der Waals surface area contributed by atoms with Gasteiger partial charge in [0.1, 0.15) is 0 Å². The Morgan fingerprint density at radius 1 is 1.32 bits per heavy atom. The lowest BCUT2D eigenvalue weighted by molar-refractivity contribution is -0.0337. The molecule has 3 rings (SSSR count). The zero-order valence-corrected chi connectivity index (χ0v) is 15.7. The highest BCUT2D eigenvalue weighted by atomic mass is 32.1. The molecule has 1 N–H and O–H groups in total. The molecule has 1 amide bonds. The molecule has 0 bridgehead atoms. The van der Waals surface area contributed by atoms with Crippen LogP contribution >= 0.6 is 11.3 Å². The molecule has 1 aromatic heterocycles. The van der Waals surface area contributed by atoms with Gasteiger partial charge in [-0.3, -0.25) is 4.79 Å². The maximum absolute atomic E-state index is 12.6. The molecule has 134 valence electrons. The monoisotopic (exact) mass is 358 g/mol. The molecular formula is C20H26N2O2S. The predicted molar refractivity (Wildman–Crippen MR) is 102 cm³/mol. The molecule has 0 unspecified atom stereocenters. The summed E-state index contributed by atoms with van der Waals surface area (Å²) in [5, 5.41) is 5.20. The minimum Gasteiger partial charge on any atom is -0.378 e. The van der Waals surface area contributed by atoms with Crippen LogP contribution in [0.1, 0.15) is 49.9 Å². The number of ether oxygens (including phenoxy) is 1. The van der Waals surface area contributed by atoms with Gasteiger partial charge in [-0.2, -0.15) is 0 Å². The van der Waals surface area contributed by atoms with E-state index in [-0.39, 0.29) is 18.1 Å².